The Morgan fingerprint density at radius 1 is 1.32 bits per heavy atom. The first-order valence-electron chi connectivity index (χ1n) is 7.38. The van der Waals surface area contributed by atoms with Crippen LogP contribution in [0.4, 0.5) is 0 Å². The zero-order chi connectivity index (χ0) is 14.5. The van der Waals surface area contributed by atoms with Crippen LogP contribution in [0.2, 0.25) is 0 Å². The van der Waals surface area contributed by atoms with E-state index >= 15 is 0 Å². The second-order valence-electron chi connectivity index (χ2n) is 5.80. The molecule has 1 aliphatic rings. The van der Waals surface area contributed by atoms with Crippen LogP contribution in [-0.4, -0.2) is 38.4 Å². The van der Waals surface area contributed by atoms with Crippen molar-refractivity contribution in [2.75, 3.05) is 19.6 Å². The van der Waals surface area contributed by atoms with Gasteiger partial charge in [-0.1, -0.05) is 33.6 Å². The average molecular weight is 291 g/mol. The van der Waals surface area contributed by atoms with Crippen LogP contribution in [0.5, 0.6) is 0 Å². The van der Waals surface area contributed by atoms with Gasteiger partial charge in [0.25, 0.3) is 10.2 Å². The Bertz CT molecular complexity index is 357. The van der Waals surface area contributed by atoms with Gasteiger partial charge in [-0.05, 0) is 31.2 Å². The van der Waals surface area contributed by atoms with Crippen LogP contribution in [0.3, 0.4) is 0 Å². The summed E-state index contributed by atoms with van der Waals surface area (Å²) in [5.74, 6) is 0.606. The molecule has 0 saturated heterocycles. The van der Waals surface area contributed by atoms with Crippen molar-refractivity contribution in [1.29, 1.82) is 0 Å². The fourth-order valence-electron chi connectivity index (χ4n) is 2.78. The van der Waals surface area contributed by atoms with Crippen LogP contribution in [0.15, 0.2) is 0 Å². The zero-order valence-corrected chi connectivity index (χ0v) is 13.2. The standard InChI is InChI=1S/C13H29N3O2S/c1-4-16(19(17,18)15-10-11(2)3)13-8-6-5-7-12(13)9-14/h11-13,15H,4-10,14H2,1-3H3. The number of nitrogens with one attached hydrogen (secondary N) is 1. The Balaban J connectivity index is 2.79. The topological polar surface area (TPSA) is 75.4 Å². The second kappa shape index (κ2) is 7.57. The van der Waals surface area contributed by atoms with Crippen molar-refractivity contribution in [1.82, 2.24) is 9.03 Å². The van der Waals surface area contributed by atoms with Crippen molar-refractivity contribution in [3.63, 3.8) is 0 Å². The SMILES string of the molecule is CCN(C1CCCCC1CN)S(=O)(=O)NCC(C)C. The molecule has 1 rings (SSSR count). The third-order valence-electron chi connectivity index (χ3n) is 3.84. The Morgan fingerprint density at radius 2 is 1.95 bits per heavy atom. The summed E-state index contributed by atoms with van der Waals surface area (Å²) in [7, 11) is -3.38. The van der Waals surface area contributed by atoms with Crippen molar-refractivity contribution in [2.45, 2.75) is 52.5 Å². The molecule has 1 fully saturated rings. The highest BCUT2D eigenvalue weighted by Gasteiger charge is 2.34. The fraction of sp³-hybridized carbons (Fsp3) is 1.00. The van der Waals surface area contributed by atoms with Crippen LogP contribution >= 0.6 is 0 Å². The van der Waals surface area contributed by atoms with E-state index in [9.17, 15) is 8.42 Å². The van der Waals surface area contributed by atoms with Crippen molar-refractivity contribution >= 4 is 10.2 Å². The van der Waals surface area contributed by atoms with E-state index in [4.69, 9.17) is 5.73 Å². The lowest BCUT2D eigenvalue weighted by Gasteiger charge is -2.38. The molecule has 0 aliphatic heterocycles. The third kappa shape index (κ3) is 4.70. The molecule has 0 aromatic heterocycles. The van der Waals surface area contributed by atoms with Gasteiger partial charge in [-0.25, -0.2) is 4.72 Å². The van der Waals surface area contributed by atoms with E-state index in [0.717, 1.165) is 25.7 Å². The minimum absolute atomic E-state index is 0.0633. The maximum absolute atomic E-state index is 12.4. The lowest BCUT2D eigenvalue weighted by Crippen LogP contribution is -2.52. The molecule has 0 aromatic carbocycles. The van der Waals surface area contributed by atoms with Gasteiger partial charge in [0.2, 0.25) is 0 Å². The van der Waals surface area contributed by atoms with E-state index in [1.54, 1.807) is 4.31 Å². The molecule has 2 unspecified atom stereocenters. The summed E-state index contributed by atoms with van der Waals surface area (Å²) in [5, 5.41) is 0. The molecule has 3 N–H and O–H groups in total. The maximum Gasteiger partial charge on any atom is 0.279 e. The minimum Gasteiger partial charge on any atom is -0.330 e. The van der Waals surface area contributed by atoms with Crippen LogP contribution in [0, 0.1) is 11.8 Å². The number of nitrogens with two attached hydrogens (primary N) is 1. The quantitative estimate of drug-likeness (QED) is 0.743. The van der Waals surface area contributed by atoms with Crippen LogP contribution < -0.4 is 10.5 Å². The molecule has 0 radical (unpaired) electrons. The van der Waals surface area contributed by atoms with E-state index in [1.807, 2.05) is 20.8 Å². The molecule has 1 aliphatic carbocycles. The summed E-state index contributed by atoms with van der Waals surface area (Å²) in [5.41, 5.74) is 5.81. The molecule has 114 valence electrons. The molecule has 0 aromatic rings. The molecule has 5 nitrogen and oxygen atoms in total. The average Bonchev–Trinajstić information content (AvgIpc) is 2.37. The van der Waals surface area contributed by atoms with Gasteiger partial charge in [0.1, 0.15) is 0 Å². The molecule has 6 heteroatoms. The van der Waals surface area contributed by atoms with E-state index in [2.05, 4.69) is 4.72 Å². The van der Waals surface area contributed by atoms with Crippen molar-refractivity contribution in [2.24, 2.45) is 17.6 Å². The normalized spacial score (nSPS) is 25.2. The Morgan fingerprint density at radius 3 is 2.47 bits per heavy atom. The molecule has 0 bridgehead atoms. The highest BCUT2D eigenvalue weighted by atomic mass is 32.2. The van der Waals surface area contributed by atoms with Gasteiger partial charge < -0.3 is 5.73 Å². The summed E-state index contributed by atoms with van der Waals surface area (Å²) in [6, 6.07) is 0.0633. The van der Waals surface area contributed by atoms with E-state index < -0.39 is 10.2 Å². The molecular weight excluding hydrogens is 262 g/mol. The second-order valence-corrected chi connectivity index (χ2v) is 7.51. The molecule has 0 amide bonds. The maximum atomic E-state index is 12.4. The number of rotatable bonds is 7. The molecule has 1 saturated carbocycles. The van der Waals surface area contributed by atoms with E-state index in [1.165, 1.54) is 0 Å². The van der Waals surface area contributed by atoms with Crippen molar-refractivity contribution < 1.29 is 8.42 Å². The Hall–Kier alpha value is -0.170. The van der Waals surface area contributed by atoms with E-state index in [-0.39, 0.29) is 6.04 Å². The lowest BCUT2D eigenvalue weighted by molar-refractivity contribution is 0.185. The molecular formula is C13H29N3O2S. The van der Waals surface area contributed by atoms with Gasteiger partial charge in [0, 0.05) is 19.1 Å². The molecule has 0 spiro atoms. The summed E-state index contributed by atoms with van der Waals surface area (Å²) >= 11 is 0. The largest absolute Gasteiger partial charge is 0.330 e. The molecule has 2 atom stereocenters. The number of hydrogen-bond acceptors (Lipinski definition) is 3. The Labute approximate surface area is 118 Å². The highest BCUT2D eigenvalue weighted by Crippen LogP contribution is 2.29. The van der Waals surface area contributed by atoms with Gasteiger partial charge in [0.05, 0.1) is 0 Å². The van der Waals surface area contributed by atoms with Gasteiger partial charge in [-0.15, -0.1) is 0 Å². The predicted molar refractivity (Wildman–Crippen MR) is 78.9 cm³/mol. The third-order valence-corrected chi connectivity index (χ3v) is 5.51. The molecule has 0 heterocycles. The highest BCUT2D eigenvalue weighted by molar-refractivity contribution is 7.87. The summed E-state index contributed by atoms with van der Waals surface area (Å²) in [6.07, 6.45) is 4.22. The van der Waals surface area contributed by atoms with Gasteiger partial charge in [-0.3, -0.25) is 0 Å². The minimum atomic E-state index is -3.38. The lowest BCUT2D eigenvalue weighted by atomic mass is 9.84. The van der Waals surface area contributed by atoms with Gasteiger partial charge in [0.15, 0.2) is 0 Å². The van der Waals surface area contributed by atoms with Crippen LogP contribution in [0.1, 0.15) is 46.5 Å². The van der Waals surface area contributed by atoms with Gasteiger partial charge >= 0.3 is 0 Å². The molecule has 19 heavy (non-hydrogen) atoms. The Kier molecular flexibility index (Phi) is 6.73. The first-order chi connectivity index (χ1) is 8.92. The predicted octanol–water partition coefficient (Wildman–Crippen LogP) is 1.32. The van der Waals surface area contributed by atoms with Gasteiger partial charge in [-0.2, -0.15) is 12.7 Å². The summed E-state index contributed by atoms with van der Waals surface area (Å²) < 4.78 is 29.1. The summed E-state index contributed by atoms with van der Waals surface area (Å²) in [4.78, 5) is 0. The number of hydrogen-bond donors (Lipinski definition) is 2. The zero-order valence-electron chi connectivity index (χ0n) is 12.4. The summed E-state index contributed by atoms with van der Waals surface area (Å²) in [6.45, 7) is 7.47. The fourth-order valence-corrected chi connectivity index (χ4v) is 4.46. The monoisotopic (exact) mass is 291 g/mol. The number of nitrogens with zero attached hydrogens (tertiary/aromatic N) is 1. The first-order valence-corrected chi connectivity index (χ1v) is 8.82. The van der Waals surface area contributed by atoms with Crippen LogP contribution in [0.25, 0.3) is 0 Å². The van der Waals surface area contributed by atoms with Crippen molar-refractivity contribution in [3.8, 4) is 0 Å². The smallest absolute Gasteiger partial charge is 0.279 e. The first kappa shape index (κ1) is 16.9. The van der Waals surface area contributed by atoms with Crippen molar-refractivity contribution in [3.05, 3.63) is 0 Å². The van der Waals surface area contributed by atoms with Crippen LogP contribution in [-0.2, 0) is 10.2 Å². The van der Waals surface area contributed by atoms with E-state index in [0.29, 0.717) is 31.5 Å².